The van der Waals surface area contributed by atoms with Gasteiger partial charge in [0.2, 0.25) is 0 Å². The molecule has 2 atom stereocenters. The van der Waals surface area contributed by atoms with Crippen LogP contribution in [0.1, 0.15) is 24.0 Å². The van der Waals surface area contributed by atoms with E-state index in [4.69, 9.17) is 5.73 Å². The highest BCUT2D eigenvalue weighted by molar-refractivity contribution is 5.88. The molecular weight excluding hydrogens is 224 g/mol. The minimum atomic E-state index is 0.0837. The zero-order valence-corrected chi connectivity index (χ0v) is 10.5. The Hall–Kier alpha value is -1.58. The summed E-state index contributed by atoms with van der Waals surface area (Å²) >= 11 is 0. The second kappa shape index (κ2) is 4.26. The molecule has 18 heavy (non-hydrogen) atoms. The number of aliphatic hydroxyl groups excluding tert-OH is 1. The lowest BCUT2D eigenvalue weighted by molar-refractivity contribution is 0.330. The monoisotopic (exact) mass is 242 g/mol. The van der Waals surface area contributed by atoms with Gasteiger partial charge in [0.25, 0.3) is 0 Å². The SMILES string of the molecule is C/C(=C\[C@H]1c2cccc3[nH]cc(c23)C[C@H]1N)CO. The average molecular weight is 242 g/mol. The lowest BCUT2D eigenvalue weighted by atomic mass is 9.80. The summed E-state index contributed by atoms with van der Waals surface area (Å²) in [6.07, 6.45) is 5.05. The summed E-state index contributed by atoms with van der Waals surface area (Å²) in [5.41, 5.74) is 11.0. The lowest BCUT2D eigenvalue weighted by Crippen LogP contribution is -2.32. The van der Waals surface area contributed by atoms with Crippen molar-refractivity contribution < 1.29 is 5.11 Å². The van der Waals surface area contributed by atoms with Gasteiger partial charge in [0.15, 0.2) is 0 Å². The van der Waals surface area contributed by atoms with Crippen molar-refractivity contribution >= 4 is 10.9 Å². The summed E-state index contributed by atoms with van der Waals surface area (Å²) in [7, 11) is 0. The predicted molar refractivity (Wildman–Crippen MR) is 73.6 cm³/mol. The number of aliphatic hydroxyl groups is 1. The molecule has 1 heterocycles. The second-order valence-corrected chi connectivity index (χ2v) is 5.15. The van der Waals surface area contributed by atoms with Gasteiger partial charge in [-0.2, -0.15) is 0 Å². The van der Waals surface area contributed by atoms with Crippen molar-refractivity contribution in [2.45, 2.75) is 25.3 Å². The number of nitrogens with two attached hydrogens (primary N) is 1. The van der Waals surface area contributed by atoms with E-state index in [1.165, 1.54) is 22.0 Å². The summed E-state index contributed by atoms with van der Waals surface area (Å²) in [5, 5.41) is 10.5. The number of benzene rings is 1. The first-order valence-corrected chi connectivity index (χ1v) is 6.33. The van der Waals surface area contributed by atoms with Crippen molar-refractivity contribution in [2.24, 2.45) is 5.73 Å². The Balaban J connectivity index is 2.18. The van der Waals surface area contributed by atoms with Crippen molar-refractivity contribution in [1.29, 1.82) is 0 Å². The molecule has 0 spiro atoms. The Morgan fingerprint density at radius 3 is 3.17 bits per heavy atom. The molecule has 0 aliphatic heterocycles. The number of aromatic nitrogens is 1. The quantitative estimate of drug-likeness (QED) is 0.706. The van der Waals surface area contributed by atoms with Gasteiger partial charge < -0.3 is 15.8 Å². The summed E-state index contributed by atoms with van der Waals surface area (Å²) < 4.78 is 0. The van der Waals surface area contributed by atoms with Gasteiger partial charge in [-0.15, -0.1) is 0 Å². The molecule has 0 radical (unpaired) electrons. The minimum Gasteiger partial charge on any atom is -0.392 e. The first-order valence-electron chi connectivity index (χ1n) is 6.33. The number of aromatic amines is 1. The number of H-pyrrole nitrogens is 1. The van der Waals surface area contributed by atoms with Crippen LogP contribution in [-0.2, 0) is 6.42 Å². The number of hydrogen-bond donors (Lipinski definition) is 3. The maximum atomic E-state index is 9.19. The van der Waals surface area contributed by atoms with Gasteiger partial charge in [0.1, 0.15) is 0 Å². The number of nitrogens with one attached hydrogen (secondary N) is 1. The molecule has 4 N–H and O–H groups in total. The zero-order valence-electron chi connectivity index (χ0n) is 10.5. The fourth-order valence-electron chi connectivity index (χ4n) is 2.91. The van der Waals surface area contributed by atoms with E-state index in [1.54, 1.807) is 0 Å². The molecular formula is C15H18N2O. The zero-order chi connectivity index (χ0) is 12.7. The highest BCUT2D eigenvalue weighted by atomic mass is 16.3. The molecule has 0 unspecified atom stereocenters. The topological polar surface area (TPSA) is 62.0 Å². The normalized spacial score (nSPS) is 23.6. The first kappa shape index (κ1) is 11.5. The van der Waals surface area contributed by atoms with Gasteiger partial charge in [-0.1, -0.05) is 23.8 Å². The van der Waals surface area contributed by atoms with Crippen LogP contribution in [0, 0.1) is 0 Å². The molecule has 0 saturated heterocycles. The van der Waals surface area contributed by atoms with E-state index in [2.05, 4.69) is 35.5 Å². The molecule has 1 aromatic heterocycles. The van der Waals surface area contributed by atoms with Gasteiger partial charge in [0.05, 0.1) is 6.61 Å². The van der Waals surface area contributed by atoms with Gasteiger partial charge in [0, 0.05) is 29.1 Å². The van der Waals surface area contributed by atoms with Crippen LogP contribution in [-0.4, -0.2) is 22.7 Å². The van der Waals surface area contributed by atoms with Gasteiger partial charge >= 0.3 is 0 Å². The van der Waals surface area contributed by atoms with Crippen LogP contribution >= 0.6 is 0 Å². The fourth-order valence-corrected chi connectivity index (χ4v) is 2.91. The Kier molecular flexibility index (Phi) is 2.73. The third-order valence-electron chi connectivity index (χ3n) is 3.81. The molecule has 2 aromatic rings. The van der Waals surface area contributed by atoms with E-state index in [-0.39, 0.29) is 18.6 Å². The van der Waals surface area contributed by atoms with Gasteiger partial charge in [-0.3, -0.25) is 0 Å². The lowest BCUT2D eigenvalue weighted by Gasteiger charge is -2.27. The molecule has 0 bridgehead atoms. The van der Waals surface area contributed by atoms with Crippen LogP contribution in [0.2, 0.25) is 0 Å². The Morgan fingerprint density at radius 1 is 1.56 bits per heavy atom. The molecule has 0 amide bonds. The molecule has 1 aromatic carbocycles. The van der Waals surface area contributed by atoms with Gasteiger partial charge in [-0.05, 0) is 30.5 Å². The smallest absolute Gasteiger partial charge is 0.0639 e. The molecule has 3 rings (SSSR count). The van der Waals surface area contributed by atoms with E-state index in [9.17, 15) is 5.11 Å². The maximum absolute atomic E-state index is 9.19. The average Bonchev–Trinajstić information content (AvgIpc) is 2.78. The van der Waals surface area contributed by atoms with Crippen LogP contribution in [0.4, 0.5) is 0 Å². The van der Waals surface area contributed by atoms with E-state index >= 15 is 0 Å². The van der Waals surface area contributed by atoms with Crippen LogP contribution in [0.5, 0.6) is 0 Å². The van der Waals surface area contributed by atoms with Crippen LogP contribution in [0.25, 0.3) is 10.9 Å². The van der Waals surface area contributed by atoms with Crippen molar-refractivity contribution in [3.63, 3.8) is 0 Å². The molecule has 94 valence electrons. The van der Waals surface area contributed by atoms with Crippen molar-refractivity contribution in [1.82, 2.24) is 4.98 Å². The molecule has 1 aliphatic carbocycles. The second-order valence-electron chi connectivity index (χ2n) is 5.15. The third-order valence-corrected chi connectivity index (χ3v) is 3.81. The van der Waals surface area contributed by atoms with E-state index in [0.717, 1.165) is 12.0 Å². The van der Waals surface area contributed by atoms with Crippen molar-refractivity contribution in [3.05, 3.63) is 47.2 Å². The first-order chi connectivity index (χ1) is 8.70. The Bertz CT molecular complexity index is 612. The highest BCUT2D eigenvalue weighted by Crippen LogP contribution is 2.37. The van der Waals surface area contributed by atoms with Crippen molar-refractivity contribution in [3.8, 4) is 0 Å². The number of rotatable bonds is 2. The predicted octanol–water partition coefficient (Wildman–Crippen LogP) is 2.07. The third kappa shape index (κ3) is 1.67. The fraction of sp³-hybridized carbons (Fsp3) is 0.333. The molecule has 1 aliphatic rings. The molecule has 0 saturated carbocycles. The molecule has 3 nitrogen and oxygen atoms in total. The van der Waals surface area contributed by atoms with Crippen LogP contribution in [0.3, 0.4) is 0 Å². The standard InChI is InChI=1S/C15H18N2O/c1-9(8-18)5-12-11-3-2-4-14-15(11)10(7-17-14)6-13(12)16/h2-5,7,12-13,17-18H,6,8,16H2,1H3/b9-5+/t12-,13+/m0/s1. The van der Waals surface area contributed by atoms with E-state index < -0.39 is 0 Å². The summed E-state index contributed by atoms with van der Waals surface area (Å²) in [6.45, 7) is 2.04. The minimum absolute atomic E-state index is 0.0837. The Morgan fingerprint density at radius 2 is 2.39 bits per heavy atom. The maximum Gasteiger partial charge on any atom is 0.0639 e. The summed E-state index contributed by atoms with van der Waals surface area (Å²) in [4.78, 5) is 3.30. The van der Waals surface area contributed by atoms with Crippen LogP contribution < -0.4 is 5.73 Å². The summed E-state index contributed by atoms with van der Waals surface area (Å²) in [6, 6.07) is 6.38. The van der Waals surface area contributed by atoms with Crippen molar-refractivity contribution in [2.75, 3.05) is 6.61 Å². The Labute approximate surface area is 106 Å². The number of hydrogen-bond acceptors (Lipinski definition) is 2. The molecule has 3 heteroatoms. The van der Waals surface area contributed by atoms with E-state index in [0.29, 0.717) is 0 Å². The highest BCUT2D eigenvalue weighted by Gasteiger charge is 2.27. The molecule has 0 fully saturated rings. The van der Waals surface area contributed by atoms with Crippen LogP contribution in [0.15, 0.2) is 36.0 Å². The van der Waals surface area contributed by atoms with E-state index in [1.807, 2.05) is 6.92 Å². The van der Waals surface area contributed by atoms with Gasteiger partial charge in [-0.25, -0.2) is 0 Å². The largest absolute Gasteiger partial charge is 0.392 e. The summed E-state index contributed by atoms with van der Waals surface area (Å²) in [5.74, 6) is 0.198.